The summed E-state index contributed by atoms with van der Waals surface area (Å²) in [7, 11) is 0. The fourth-order valence-corrected chi connectivity index (χ4v) is 3.22. The lowest BCUT2D eigenvalue weighted by Crippen LogP contribution is -2.31. The molecule has 0 atom stereocenters. The van der Waals surface area contributed by atoms with Gasteiger partial charge in [0.05, 0.1) is 17.8 Å². The average molecular weight is 424 g/mol. The van der Waals surface area contributed by atoms with E-state index in [9.17, 15) is 20.2 Å². The zero-order valence-corrected chi connectivity index (χ0v) is 16.9. The van der Waals surface area contributed by atoms with E-state index in [2.05, 4.69) is 11.1 Å². The Morgan fingerprint density at radius 1 is 1.30 bits per heavy atom. The SMILES string of the molecule is Cc1nc([N+](=O)[O-])cn1CCC(=O)N(Cc1ccccc1)c1cc(Cl)ccc1C#N. The molecule has 0 saturated heterocycles. The minimum absolute atomic E-state index is 0.0680. The second kappa shape index (κ2) is 9.20. The van der Waals surface area contributed by atoms with E-state index in [-0.39, 0.29) is 31.2 Å². The molecule has 2 aromatic carbocycles. The number of nitrogens with zero attached hydrogens (tertiary/aromatic N) is 5. The lowest BCUT2D eigenvalue weighted by atomic mass is 10.1. The van der Waals surface area contributed by atoms with E-state index < -0.39 is 4.92 Å². The van der Waals surface area contributed by atoms with Crippen LogP contribution >= 0.6 is 11.6 Å². The van der Waals surface area contributed by atoms with Crippen LogP contribution in [0.25, 0.3) is 0 Å². The standard InChI is InChI=1S/C21H18ClN5O3/c1-15-24-20(27(29)30)14-25(15)10-9-21(28)26(13-16-5-3-2-4-6-16)19-11-18(22)8-7-17(19)12-23/h2-8,11,14H,9-10,13H2,1H3. The van der Waals surface area contributed by atoms with Crippen molar-refractivity contribution in [3.05, 3.63) is 86.8 Å². The van der Waals surface area contributed by atoms with Crippen molar-refractivity contribution in [1.29, 1.82) is 5.26 Å². The van der Waals surface area contributed by atoms with Gasteiger partial charge >= 0.3 is 5.82 Å². The number of imidazole rings is 1. The van der Waals surface area contributed by atoms with Crippen LogP contribution in [-0.2, 0) is 17.9 Å². The molecular weight excluding hydrogens is 406 g/mol. The smallest absolute Gasteiger partial charge is 0.358 e. The van der Waals surface area contributed by atoms with E-state index >= 15 is 0 Å². The number of aromatic nitrogens is 2. The average Bonchev–Trinajstić information content (AvgIpc) is 3.12. The lowest BCUT2D eigenvalue weighted by molar-refractivity contribution is -0.389. The van der Waals surface area contributed by atoms with Gasteiger partial charge in [0, 0.05) is 24.9 Å². The van der Waals surface area contributed by atoms with Crippen molar-refractivity contribution in [2.24, 2.45) is 0 Å². The molecule has 1 aromatic heterocycles. The first-order valence-corrected chi connectivity index (χ1v) is 9.49. The summed E-state index contributed by atoms with van der Waals surface area (Å²) < 4.78 is 1.57. The highest BCUT2D eigenvalue weighted by molar-refractivity contribution is 6.31. The van der Waals surface area contributed by atoms with E-state index in [0.717, 1.165) is 5.56 Å². The number of anilines is 1. The van der Waals surface area contributed by atoms with Crippen LogP contribution in [0.3, 0.4) is 0 Å². The molecule has 0 aliphatic heterocycles. The van der Waals surface area contributed by atoms with Crippen LogP contribution < -0.4 is 4.90 Å². The van der Waals surface area contributed by atoms with E-state index in [0.29, 0.717) is 22.1 Å². The second-order valence-electron chi connectivity index (χ2n) is 6.59. The van der Waals surface area contributed by atoms with E-state index in [1.807, 2.05) is 30.3 Å². The third-order valence-corrected chi connectivity index (χ3v) is 4.81. The molecule has 3 aromatic rings. The molecular formula is C21H18ClN5O3. The van der Waals surface area contributed by atoms with Crippen molar-refractivity contribution in [2.45, 2.75) is 26.4 Å². The molecule has 30 heavy (non-hydrogen) atoms. The summed E-state index contributed by atoms with van der Waals surface area (Å²) in [6.07, 6.45) is 1.38. The molecule has 9 heteroatoms. The van der Waals surface area contributed by atoms with Gasteiger partial charge in [0.25, 0.3) is 0 Å². The molecule has 152 valence electrons. The Kier molecular flexibility index (Phi) is 6.45. The van der Waals surface area contributed by atoms with Gasteiger partial charge in [-0.2, -0.15) is 5.26 Å². The van der Waals surface area contributed by atoms with Gasteiger partial charge in [0.2, 0.25) is 11.7 Å². The van der Waals surface area contributed by atoms with Gasteiger partial charge in [0.15, 0.2) is 0 Å². The summed E-state index contributed by atoms with van der Waals surface area (Å²) in [6.45, 7) is 2.13. The van der Waals surface area contributed by atoms with E-state index in [1.54, 1.807) is 29.7 Å². The van der Waals surface area contributed by atoms with Crippen molar-refractivity contribution in [3.8, 4) is 6.07 Å². The summed E-state index contributed by atoms with van der Waals surface area (Å²) in [5, 5.41) is 20.8. The number of carbonyl (C=O) groups is 1. The van der Waals surface area contributed by atoms with Gasteiger partial charge in [-0.3, -0.25) is 4.79 Å². The van der Waals surface area contributed by atoms with Crippen LogP contribution in [0.5, 0.6) is 0 Å². The third-order valence-electron chi connectivity index (χ3n) is 4.57. The molecule has 0 aliphatic carbocycles. The van der Waals surface area contributed by atoms with Crippen molar-refractivity contribution < 1.29 is 9.72 Å². The van der Waals surface area contributed by atoms with E-state index in [4.69, 9.17) is 11.6 Å². The van der Waals surface area contributed by atoms with Gasteiger partial charge in [-0.1, -0.05) is 41.9 Å². The first-order chi connectivity index (χ1) is 14.4. The Bertz CT molecular complexity index is 1120. The number of rotatable bonds is 7. The fourth-order valence-electron chi connectivity index (χ4n) is 3.05. The summed E-state index contributed by atoms with van der Waals surface area (Å²) in [5.41, 5.74) is 1.65. The summed E-state index contributed by atoms with van der Waals surface area (Å²) >= 11 is 6.13. The van der Waals surface area contributed by atoms with Gasteiger partial charge in [-0.05, 0) is 33.7 Å². The van der Waals surface area contributed by atoms with Crippen LogP contribution in [0.15, 0.2) is 54.7 Å². The third kappa shape index (κ3) is 4.82. The van der Waals surface area contributed by atoms with Crippen LogP contribution in [0.2, 0.25) is 5.02 Å². The number of hydrogen-bond acceptors (Lipinski definition) is 5. The predicted molar refractivity (Wildman–Crippen MR) is 112 cm³/mol. The number of hydrogen-bond donors (Lipinski definition) is 0. The van der Waals surface area contributed by atoms with Gasteiger partial charge in [-0.25, -0.2) is 0 Å². The predicted octanol–water partition coefficient (Wildman–Crippen LogP) is 4.25. The van der Waals surface area contributed by atoms with Crippen LogP contribution in [0.1, 0.15) is 23.4 Å². The minimum atomic E-state index is -0.571. The molecule has 0 bridgehead atoms. The number of aryl methyl sites for hydroxylation is 2. The molecule has 0 N–H and O–H groups in total. The maximum atomic E-state index is 13.2. The number of benzene rings is 2. The molecule has 0 spiro atoms. The molecule has 3 rings (SSSR count). The summed E-state index contributed by atoms with van der Waals surface area (Å²) in [5.74, 6) is -0.0550. The molecule has 8 nitrogen and oxygen atoms in total. The molecule has 1 heterocycles. The molecule has 0 saturated carbocycles. The second-order valence-corrected chi connectivity index (χ2v) is 7.02. The Labute approximate surface area is 178 Å². The quantitative estimate of drug-likeness (QED) is 0.417. The van der Waals surface area contributed by atoms with Crippen LogP contribution in [-0.4, -0.2) is 20.4 Å². The largest absolute Gasteiger partial charge is 0.381 e. The Hall–Kier alpha value is -3.70. The maximum Gasteiger partial charge on any atom is 0.381 e. The van der Waals surface area contributed by atoms with Crippen molar-refractivity contribution in [1.82, 2.24) is 9.55 Å². The number of amides is 1. The Balaban J connectivity index is 1.88. The first-order valence-electron chi connectivity index (χ1n) is 9.11. The van der Waals surface area contributed by atoms with Gasteiger partial charge < -0.3 is 19.6 Å². The molecule has 0 unspecified atom stereocenters. The summed E-state index contributed by atoms with van der Waals surface area (Å²) in [6, 6.07) is 16.3. The highest BCUT2D eigenvalue weighted by Gasteiger charge is 2.21. The molecule has 0 radical (unpaired) electrons. The van der Waals surface area contributed by atoms with Crippen molar-refractivity contribution in [3.63, 3.8) is 0 Å². The maximum absolute atomic E-state index is 13.2. The van der Waals surface area contributed by atoms with Crippen LogP contribution in [0.4, 0.5) is 11.5 Å². The fraction of sp³-hybridized carbons (Fsp3) is 0.190. The minimum Gasteiger partial charge on any atom is -0.358 e. The highest BCUT2D eigenvalue weighted by Crippen LogP contribution is 2.27. The van der Waals surface area contributed by atoms with Gasteiger partial charge in [-0.15, -0.1) is 0 Å². The monoisotopic (exact) mass is 423 g/mol. The number of carbonyl (C=O) groups excluding carboxylic acids is 1. The number of halogens is 1. The van der Waals surface area contributed by atoms with Crippen LogP contribution in [0, 0.1) is 28.4 Å². The molecule has 1 amide bonds. The highest BCUT2D eigenvalue weighted by atomic mass is 35.5. The Morgan fingerprint density at radius 2 is 2.03 bits per heavy atom. The van der Waals surface area contributed by atoms with Gasteiger partial charge in [0.1, 0.15) is 12.3 Å². The molecule has 0 fully saturated rings. The zero-order valence-electron chi connectivity index (χ0n) is 16.2. The van der Waals surface area contributed by atoms with Crippen molar-refractivity contribution >= 4 is 29.0 Å². The Morgan fingerprint density at radius 3 is 2.67 bits per heavy atom. The zero-order chi connectivity index (χ0) is 21.7. The lowest BCUT2D eigenvalue weighted by Gasteiger charge is -2.24. The first kappa shape index (κ1) is 21.0. The topological polar surface area (TPSA) is 105 Å². The van der Waals surface area contributed by atoms with Crippen molar-refractivity contribution in [2.75, 3.05) is 4.90 Å². The van der Waals surface area contributed by atoms with E-state index in [1.165, 1.54) is 11.1 Å². The number of nitriles is 1. The molecule has 0 aliphatic rings. The number of nitro groups is 1. The summed E-state index contributed by atoms with van der Waals surface area (Å²) in [4.78, 5) is 28.9. The normalized spacial score (nSPS) is 10.4.